The van der Waals surface area contributed by atoms with Crippen molar-refractivity contribution in [1.29, 1.82) is 0 Å². The Bertz CT molecular complexity index is 779. The van der Waals surface area contributed by atoms with E-state index in [4.69, 9.17) is 11.6 Å². The smallest absolute Gasteiger partial charge is 0.274 e. The second-order valence-electron chi connectivity index (χ2n) is 4.40. The molecule has 0 aliphatic carbocycles. The van der Waals surface area contributed by atoms with Gasteiger partial charge in [-0.2, -0.15) is 5.10 Å². The molecule has 5 nitrogen and oxygen atoms in total. The van der Waals surface area contributed by atoms with Gasteiger partial charge in [0.25, 0.3) is 5.91 Å². The fourth-order valence-corrected chi connectivity index (χ4v) is 2.04. The summed E-state index contributed by atoms with van der Waals surface area (Å²) < 4.78 is 0. The molecule has 6 heteroatoms. The second-order valence-corrected chi connectivity index (χ2v) is 4.83. The van der Waals surface area contributed by atoms with Crippen LogP contribution in [0.3, 0.4) is 0 Å². The Balaban J connectivity index is 1.85. The molecule has 3 rings (SSSR count). The average molecular weight is 287 g/mol. The largest absolute Gasteiger partial charge is 0.321 e. The predicted molar refractivity (Wildman–Crippen MR) is 78.0 cm³/mol. The highest BCUT2D eigenvalue weighted by Crippen LogP contribution is 2.20. The lowest BCUT2D eigenvalue weighted by molar-refractivity contribution is 0.102. The Labute approximate surface area is 120 Å². The third kappa shape index (κ3) is 2.35. The molecule has 0 unspecified atom stereocenters. The van der Waals surface area contributed by atoms with Crippen LogP contribution in [0.4, 0.5) is 5.69 Å². The number of H-pyrrole nitrogens is 1. The number of fused-ring (bicyclic) bond motifs is 1. The van der Waals surface area contributed by atoms with Gasteiger partial charge in [0.1, 0.15) is 5.69 Å². The highest BCUT2D eigenvalue weighted by molar-refractivity contribution is 6.30. The molecule has 0 aliphatic rings. The van der Waals surface area contributed by atoms with Crippen LogP contribution >= 0.6 is 11.6 Å². The van der Waals surface area contributed by atoms with Crippen molar-refractivity contribution in [1.82, 2.24) is 15.2 Å². The lowest BCUT2D eigenvalue weighted by Crippen LogP contribution is -2.13. The van der Waals surface area contributed by atoms with Gasteiger partial charge in [0.15, 0.2) is 0 Å². The number of hydrogen-bond acceptors (Lipinski definition) is 3. The van der Waals surface area contributed by atoms with Gasteiger partial charge < -0.3 is 5.32 Å². The minimum Gasteiger partial charge on any atom is -0.321 e. The molecule has 0 fully saturated rings. The topological polar surface area (TPSA) is 70.7 Å². The van der Waals surface area contributed by atoms with Crippen LogP contribution < -0.4 is 5.32 Å². The molecule has 2 aromatic heterocycles. The number of nitrogens with one attached hydrogen (secondary N) is 2. The molecule has 100 valence electrons. The molecule has 0 spiro atoms. The number of carbonyl (C=O) groups is 1. The number of halogens is 1. The number of pyridine rings is 1. The van der Waals surface area contributed by atoms with Gasteiger partial charge in [-0.05, 0) is 37.3 Å². The standard InChI is InChI=1S/C14H11ClN4O/c1-8-11-4-3-10(6-13(11)19-18-8)17-14(20)12-5-2-9(15)7-16-12/h2-7H,1H3,(H,17,20)(H,18,19). The van der Waals surface area contributed by atoms with Crippen LogP contribution in [0.15, 0.2) is 36.5 Å². The fourth-order valence-electron chi connectivity index (χ4n) is 1.93. The summed E-state index contributed by atoms with van der Waals surface area (Å²) in [5, 5.41) is 11.4. The van der Waals surface area contributed by atoms with E-state index in [2.05, 4.69) is 20.5 Å². The Morgan fingerprint density at radius 3 is 2.90 bits per heavy atom. The van der Waals surface area contributed by atoms with Crippen LogP contribution in [0.5, 0.6) is 0 Å². The molecule has 3 aromatic rings. The van der Waals surface area contributed by atoms with Crippen LogP contribution in [-0.4, -0.2) is 21.1 Å². The summed E-state index contributed by atoms with van der Waals surface area (Å²) in [6.07, 6.45) is 1.44. The molecule has 0 radical (unpaired) electrons. The number of aromatic nitrogens is 3. The van der Waals surface area contributed by atoms with E-state index in [0.29, 0.717) is 16.4 Å². The fraction of sp³-hybridized carbons (Fsp3) is 0.0714. The SMILES string of the molecule is Cc1[nH]nc2cc(NC(=O)c3ccc(Cl)cn3)ccc12. The molecule has 2 heterocycles. The highest BCUT2D eigenvalue weighted by atomic mass is 35.5. The summed E-state index contributed by atoms with van der Waals surface area (Å²) in [6, 6.07) is 8.77. The first kappa shape index (κ1) is 12.6. The lowest BCUT2D eigenvalue weighted by Gasteiger charge is -2.04. The van der Waals surface area contributed by atoms with Gasteiger partial charge >= 0.3 is 0 Å². The number of hydrogen-bond donors (Lipinski definition) is 2. The summed E-state index contributed by atoms with van der Waals surface area (Å²) >= 11 is 5.74. The van der Waals surface area contributed by atoms with E-state index in [1.807, 2.05) is 25.1 Å². The van der Waals surface area contributed by atoms with Crippen LogP contribution in [0.2, 0.25) is 5.02 Å². The van der Waals surface area contributed by atoms with Crippen molar-refractivity contribution in [2.24, 2.45) is 0 Å². The van der Waals surface area contributed by atoms with E-state index in [9.17, 15) is 4.79 Å². The van der Waals surface area contributed by atoms with Gasteiger partial charge in [-0.15, -0.1) is 0 Å². The third-order valence-corrected chi connectivity index (χ3v) is 3.19. The van der Waals surface area contributed by atoms with Gasteiger partial charge in [0.2, 0.25) is 0 Å². The molecule has 1 amide bonds. The third-order valence-electron chi connectivity index (χ3n) is 2.96. The van der Waals surface area contributed by atoms with E-state index in [-0.39, 0.29) is 5.91 Å². The number of nitrogens with zero attached hydrogens (tertiary/aromatic N) is 2. The number of aryl methyl sites for hydroxylation is 1. The summed E-state index contributed by atoms with van der Waals surface area (Å²) in [7, 11) is 0. The van der Waals surface area contributed by atoms with Crippen molar-refractivity contribution >= 4 is 34.1 Å². The van der Waals surface area contributed by atoms with Crippen molar-refractivity contribution in [2.45, 2.75) is 6.92 Å². The van der Waals surface area contributed by atoms with Gasteiger partial charge in [0.05, 0.1) is 10.5 Å². The van der Waals surface area contributed by atoms with Crippen LogP contribution in [0.1, 0.15) is 16.2 Å². The summed E-state index contributed by atoms with van der Waals surface area (Å²) in [5.74, 6) is -0.284. The molecular formula is C14H11ClN4O. The molecule has 0 atom stereocenters. The van der Waals surface area contributed by atoms with Crippen molar-refractivity contribution in [3.8, 4) is 0 Å². The Hall–Kier alpha value is -2.40. The summed E-state index contributed by atoms with van der Waals surface area (Å²) in [5.41, 5.74) is 2.79. The normalized spacial score (nSPS) is 10.7. The highest BCUT2D eigenvalue weighted by Gasteiger charge is 2.09. The van der Waals surface area contributed by atoms with Gasteiger partial charge in [-0.25, -0.2) is 4.98 Å². The van der Waals surface area contributed by atoms with E-state index in [1.165, 1.54) is 6.20 Å². The zero-order valence-corrected chi connectivity index (χ0v) is 11.4. The first-order valence-corrected chi connectivity index (χ1v) is 6.39. The number of rotatable bonds is 2. The zero-order valence-electron chi connectivity index (χ0n) is 10.6. The van der Waals surface area contributed by atoms with Crippen molar-refractivity contribution in [3.63, 3.8) is 0 Å². The maximum atomic E-state index is 12.0. The summed E-state index contributed by atoms with van der Waals surface area (Å²) in [4.78, 5) is 16.0. The second kappa shape index (κ2) is 4.94. The monoisotopic (exact) mass is 286 g/mol. The maximum Gasteiger partial charge on any atom is 0.274 e. The number of aromatic amines is 1. The molecule has 0 aliphatic heterocycles. The molecule has 1 aromatic carbocycles. The van der Waals surface area contributed by atoms with Gasteiger partial charge in [-0.3, -0.25) is 9.89 Å². The van der Waals surface area contributed by atoms with Gasteiger partial charge in [-0.1, -0.05) is 11.6 Å². The Kier molecular flexibility index (Phi) is 3.12. The number of amides is 1. The maximum absolute atomic E-state index is 12.0. The molecule has 0 saturated heterocycles. The van der Waals surface area contributed by atoms with E-state index in [0.717, 1.165) is 16.6 Å². The van der Waals surface area contributed by atoms with E-state index in [1.54, 1.807) is 12.1 Å². The molecule has 0 saturated carbocycles. The van der Waals surface area contributed by atoms with Crippen LogP contribution in [0, 0.1) is 6.92 Å². The molecular weight excluding hydrogens is 276 g/mol. The predicted octanol–water partition coefficient (Wildman–Crippen LogP) is 3.17. The van der Waals surface area contributed by atoms with Gasteiger partial charge in [0, 0.05) is 23.0 Å². The molecule has 0 bridgehead atoms. The van der Waals surface area contributed by atoms with Crippen molar-refractivity contribution < 1.29 is 4.79 Å². The Morgan fingerprint density at radius 2 is 2.15 bits per heavy atom. The van der Waals surface area contributed by atoms with Crippen molar-refractivity contribution in [3.05, 3.63) is 52.9 Å². The van der Waals surface area contributed by atoms with Crippen LogP contribution in [-0.2, 0) is 0 Å². The zero-order chi connectivity index (χ0) is 14.1. The molecule has 2 N–H and O–H groups in total. The number of anilines is 1. The van der Waals surface area contributed by atoms with E-state index < -0.39 is 0 Å². The first-order chi connectivity index (χ1) is 9.63. The average Bonchev–Trinajstić information content (AvgIpc) is 2.81. The first-order valence-electron chi connectivity index (χ1n) is 6.01. The summed E-state index contributed by atoms with van der Waals surface area (Å²) in [6.45, 7) is 1.95. The quantitative estimate of drug-likeness (QED) is 0.760. The lowest BCUT2D eigenvalue weighted by atomic mass is 10.2. The minimum absolute atomic E-state index is 0.284. The van der Waals surface area contributed by atoms with E-state index >= 15 is 0 Å². The molecule has 20 heavy (non-hydrogen) atoms. The van der Waals surface area contributed by atoms with Crippen LogP contribution in [0.25, 0.3) is 10.9 Å². The number of carbonyl (C=O) groups excluding carboxylic acids is 1. The minimum atomic E-state index is -0.284. The van der Waals surface area contributed by atoms with Crippen molar-refractivity contribution in [2.75, 3.05) is 5.32 Å². The number of benzene rings is 1. The Morgan fingerprint density at radius 1 is 1.30 bits per heavy atom.